The molecule has 0 bridgehead atoms. The van der Waals surface area contributed by atoms with Crippen molar-refractivity contribution in [1.82, 2.24) is 10.0 Å². The molecule has 9 heteroatoms. The molecule has 0 radical (unpaired) electrons. The van der Waals surface area contributed by atoms with Gasteiger partial charge in [-0.2, -0.15) is 0 Å². The van der Waals surface area contributed by atoms with Crippen LogP contribution in [0.15, 0.2) is 29.2 Å². The minimum atomic E-state index is -3.61. The van der Waals surface area contributed by atoms with E-state index in [9.17, 15) is 13.2 Å². The molecule has 1 rings (SSSR count). The minimum Gasteiger partial charge on any atom is -0.497 e. The summed E-state index contributed by atoms with van der Waals surface area (Å²) in [4.78, 5) is 11.5. The van der Waals surface area contributed by atoms with Gasteiger partial charge in [0, 0.05) is 20.2 Å². The van der Waals surface area contributed by atoms with Crippen LogP contribution in [0.4, 0.5) is 0 Å². The Kier molecular flexibility index (Phi) is 8.56. The lowest BCUT2D eigenvalue weighted by molar-refractivity contribution is -0.126. The summed E-state index contributed by atoms with van der Waals surface area (Å²) < 4.78 is 41.2. The summed E-state index contributed by atoms with van der Waals surface area (Å²) in [5.41, 5.74) is 0. The van der Waals surface area contributed by atoms with Crippen molar-refractivity contribution >= 4 is 15.9 Å². The molecule has 8 nitrogen and oxygen atoms in total. The second-order valence-corrected chi connectivity index (χ2v) is 6.24. The van der Waals surface area contributed by atoms with Crippen LogP contribution in [0, 0.1) is 0 Å². The van der Waals surface area contributed by atoms with Crippen LogP contribution in [0.3, 0.4) is 0 Å². The zero-order valence-corrected chi connectivity index (χ0v) is 14.0. The number of hydrogen-bond donors (Lipinski definition) is 2. The van der Waals surface area contributed by atoms with Crippen LogP contribution < -0.4 is 14.8 Å². The first-order valence-electron chi connectivity index (χ1n) is 6.96. The molecule has 0 fully saturated rings. The number of benzene rings is 1. The third-order valence-corrected chi connectivity index (χ3v) is 4.25. The Bertz CT molecular complexity index is 573. The van der Waals surface area contributed by atoms with Crippen LogP contribution in [0.1, 0.15) is 0 Å². The summed E-state index contributed by atoms with van der Waals surface area (Å²) in [6.45, 7) is 0.900. The number of sulfonamides is 1. The maximum atomic E-state index is 12.0. The van der Waals surface area contributed by atoms with Crippen molar-refractivity contribution in [3.63, 3.8) is 0 Å². The van der Waals surface area contributed by atoms with Crippen molar-refractivity contribution in [3.05, 3.63) is 24.3 Å². The molecule has 1 aromatic rings. The van der Waals surface area contributed by atoms with Crippen LogP contribution in [0.2, 0.25) is 0 Å². The standard InChI is InChI=1S/C14H22N2O6S/c1-20-9-10-22-11-14(17)15-7-8-16-23(18,19)13-5-3-12(21-2)4-6-13/h3-6,16H,7-11H2,1-2H3,(H,15,17). The van der Waals surface area contributed by atoms with Crippen molar-refractivity contribution < 1.29 is 27.4 Å². The fourth-order valence-corrected chi connectivity index (χ4v) is 2.62. The van der Waals surface area contributed by atoms with Gasteiger partial charge in [0.2, 0.25) is 15.9 Å². The number of ether oxygens (including phenoxy) is 3. The number of amides is 1. The fourth-order valence-electron chi connectivity index (χ4n) is 1.58. The Morgan fingerprint density at radius 3 is 2.39 bits per heavy atom. The molecule has 1 amide bonds. The van der Waals surface area contributed by atoms with E-state index in [1.54, 1.807) is 19.2 Å². The Balaban J connectivity index is 2.29. The van der Waals surface area contributed by atoms with Gasteiger partial charge < -0.3 is 19.5 Å². The molecule has 0 unspecified atom stereocenters. The first kappa shape index (κ1) is 19.4. The maximum Gasteiger partial charge on any atom is 0.246 e. The van der Waals surface area contributed by atoms with E-state index in [2.05, 4.69) is 10.0 Å². The Morgan fingerprint density at radius 1 is 1.09 bits per heavy atom. The monoisotopic (exact) mass is 346 g/mol. The van der Waals surface area contributed by atoms with E-state index in [1.807, 2.05) is 0 Å². The molecule has 0 aliphatic heterocycles. The van der Waals surface area contributed by atoms with Crippen molar-refractivity contribution in [2.75, 3.05) is 47.1 Å². The summed E-state index contributed by atoms with van der Waals surface area (Å²) in [7, 11) is -0.569. The van der Waals surface area contributed by atoms with Crippen LogP contribution in [-0.4, -0.2) is 61.5 Å². The van der Waals surface area contributed by atoms with Gasteiger partial charge in [-0.15, -0.1) is 0 Å². The van der Waals surface area contributed by atoms with Crippen LogP contribution in [0.5, 0.6) is 5.75 Å². The SMILES string of the molecule is COCCOCC(=O)NCCNS(=O)(=O)c1ccc(OC)cc1. The number of hydrogen-bond acceptors (Lipinski definition) is 6. The van der Waals surface area contributed by atoms with Gasteiger partial charge in [0.15, 0.2) is 0 Å². The molecular formula is C14H22N2O6S. The van der Waals surface area contributed by atoms with Crippen molar-refractivity contribution in [1.29, 1.82) is 0 Å². The molecule has 0 spiro atoms. The second kappa shape index (κ2) is 10.2. The predicted octanol–water partition coefficient (Wildman–Crippen LogP) is -0.247. The van der Waals surface area contributed by atoms with Gasteiger partial charge in [0.05, 0.1) is 25.2 Å². The summed E-state index contributed by atoms with van der Waals surface area (Å²) in [6.07, 6.45) is 0. The van der Waals surface area contributed by atoms with Gasteiger partial charge in [0.1, 0.15) is 12.4 Å². The number of methoxy groups -OCH3 is 2. The number of carbonyl (C=O) groups excluding carboxylic acids is 1. The third kappa shape index (κ3) is 7.42. The highest BCUT2D eigenvalue weighted by Crippen LogP contribution is 2.14. The molecule has 130 valence electrons. The normalized spacial score (nSPS) is 11.2. The lowest BCUT2D eigenvalue weighted by Gasteiger charge is -2.09. The van der Waals surface area contributed by atoms with Gasteiger partial charge in [-0.05, 0) is 24.3 Å². The van der Waals surface area contributed by atoms with Gasteiger partial charge in [-0.25, -0.2) is 13.1 Å². The van der Waals surface area contributed by atoms with Crippen molar-refractivity contribution in [3.8, 4) is 5.75 Å². The first-order chi connectivity index (χ1) is 11.0. The summed E-state index contributed by atoms with van der Waals surface area (Å²) in [5.74, 6) is 0.259. The van der Waals surface area contributed by atoms with Gasteiger partial charge in [-0.1, -0.05) is 0 Å². The lowest BCUT2D eigenvalue weighted by Crippen LogP contribution is -2.36. The quantitative estimate of drug-likeness (QED) is 0.536. The average Bonchev–Trinajstić information content (AvgIpc) is 2.56. The highest BCUT2D eigenvalue weighted by Gasteiger charge is 2.13. The van der Waals surface area contributed by atoms with E-state index in [-0.39, 0.29) is 30.5 Å². The molecule has 0 saturated carbocycles. The number of rotatable bonds is 11. The van der Waals surface area contributed by atoms with Gasteiger partial charge in [0.25, 0.3) is 0 Å². The number of nitrogens with one attached hydrogen (secondary N) is 2. The predicted molar refractivity (Wildman–Crippen MR) is 83.9 cm³/mol. The van der Waals surface area contributed by atoms with Crippen LogP contribution in [0.25, 0.3) is 0 Å². The first-order valence-corrected chi connectivity index (χ1v) is 8.45. The highest BCUT2D eigenvalue weighted by atomic mass is 32.2. The molecule has 0 heterocycles. The molecule has 0 saturated heterocycles. The van der Waals surface area contributed by atoms with E-state index in [0.717, 1.165) is 0 Å². The summed E-state index contributed by atoms with van der Waals surface area (Å²) in [5, 5.41) is 2.55. The fraction of sp³-hybridized carbons (Fsp3) is 0.500. The molecule has 2 N–H and O–H groups in total. The lowest BCUT2D eigenvalue weighted by atomic mass is 10.3. The van der Waals surface area contributed by atoms with E-state index in [4.69, 9.17) is 14.2 Å². The minimum absolute atomic E-state index is 0.0815. The molecule has 23 heavy (non-hydrogen) atoms. The molecule has 0 aliphatic carbocycles. The van der Waals surface area contributed by atoms with Crippen LogP contribution in [-0.2, 0) is 24.3 Å². The van der Waals surface area contributed by atoms with E-state index < -0.39 is 10.0 Å². The average molecular weight is 346 g/mol. The molecule has 0 aliphatic rings. The Morgan fingerprint density at radius 2 is 1.78 bits per heavy atom. The van der Waals surface area contributed by atoms with Gasteiger partial charge >= 0.3 is 0 Å². The summed E-state index contributed by atoms with van der Waals surface area (Å²) >= 11 is 0. The number of carbonyl (C=O) groups is 1. The van der Waals surface area contributed by atoms with Crippen LogP contribution >= 0.6 is 0 Å². The topological polar surface area (TPSA) is 103 Å². The van der Waals surface area contributed by atoms with E-state index in [1.165, 1.54) is 19.2 Å². The maximum absolute atomic E-state index is 12.0. The third-order valence-electron chi connectivity index (χ3n) is 2.77. The van der Waals surface area contributed by atoms with E-state index >= 15 is 0 Å². The molecular weight excluding hydrogens is 324 g/mol. The van der Waals surface area contributed by atoms with Crippen molar-refractivity contribution in [2.24, 2.45) is 0 Å². The largest absolute Gasteiger partial charge is 0.497 e. The Hall–Kier alpha value is -1.68. The zero-order chi connectivity index (χ0) is 17.1. The summed E-state index contributed by atoms with van der Waals surface area (Å²) in [6, 6.07) is 6.02. The van der Waals surface area contributed by atoms with Gasteiger partial charge in [-0.3, -0.25) is 4.79 Å². The molecule has 1 aromatic carbocycles. The highest BCUT2D eigenvalue weighted by molar-refractivity contribution is 7.89. The Labute approximate surface area is 136 Å². The van der Waals surface area contributed by atoms with Crippen molar-refractivity contribution in [2.45, 2.75) is 4.90 Å². The molecule has 0 atom stereocenters. The molecule has 0 aromatic heterocycles. The van der Waals surface area contributed by atoms with E-state index in [0.29, 0.717) is 19.0 Å². The second-order valence-electron chi connectivity index (χ2n) is 4.47. The smallest absolute Gasteiger partial charge is 0.246 e. The zero-order valence-electron chi connectivity index (χ0n) is 13.2.